The highest BCUT2D eigenvalue weighted by Crippen LogP contribution is 2.45. The van der Waals surface area contributed by atoms with Gasteiger partial charge in [-0.2, -0.15) is 0 Å². The standard InChI is InChI=1S/C21H28N2O4/c1-16(24)23(15-19(25)26)18-9-5-13-22(14-10-18)20(27)21(11-6-12-21)17-7-3-2-4-8-17/h2-4,7-8,18H,5-6,9-15H2,1H3,(H,25,26). The van der Waals surface area contributed by atoms with Crippen molar-refractivity contribution in [3.8, 4) is 0 Å². The fraction of sp³-hybridized carbons (Fsp3) is 0.571. The number of nitrogens with zero attached hydrogens (tertiary/aromatic N) is 2. The van der Waals surface area contributed by atoms with E-state index in [-0.39, 0.29) is 24.4 Å². The maximum atomic E-state index is 13.4. The summed E-state index contributed by atoms with van der Waals surface area (Å²) >= 11 is 0. The van der Waals surface area contributed by atoms with Gasteiger partial charge in [-0.25, -0.2) is 0 Å². The number of hydrogen-bond donors (Lipinski definition) is 1. The lowest BCUT2D eigenvalue weighted by molar-refractivity contribution is -0.145. The summed E-state index contributed by atoms with van der Waals surface area (Å²) in [6.07, 6.45) is 4.97. The Balaban J connectivity index is 1.71. The van der Waals surface area contributed by atoms with Crippen LogP contribution in [0.4, 0.5) is 0 Å². The number of aliphatic carboxylic acids is 1. The fourth-order valence-corrected chi connectivity index (χ4v) is 4.45. The smallest absolute Gasteiger partial charge is 0.323 e. The SMILES string of the molecule is CC(=O)N(CC(=O)O)C1CCCN(C(=O)C2(c3ccccc3)CCC2)CC1. The Hall–Kier alpha value is -2.37. The molecule has 2 aliphatic rings. The maximum Gasteiger partial charge on any atom is 0.323 e. The molecule has 0 aromatic heterocycles. The van der Waals surface area contributed by atoms with Gasteiger partial charge in [0.05, 0.1) is 5.41 Å². The van der Waals surface area contributed by atoms with Crippen LogP contribution in [0.15, 0.2) is 30.3 Å². The number of carboxylic acid groups (broad SMARTS) is 1. The first-order chi connectivity index (χ1) is 12.9. The second-order valence-electron chi connectivity index (χ2n) is 7.72. The van der Waals surface area contributed by atoms with Crippen molar-refractivity contribution in [2.24, 2.45) is 0 Å². The minimum absolute atomic E-state index is 0.120. The van der Waals surface area contributed by atoms with Crippen LogP contribution in [0.2, 0.25) is 0 Å². The molecule has 1 aromatic rings. The Morgan fingerprint density at radius 1 is 1.11 bits per heavy atom. The predicted molar refractivity (Wildman–Crippen MR) is 101 cm³/mol. The maximum absolute atomic E-state index is 13.4. The quantitative estimate of drug-likeness (QED) is 0.861. The van der Waals surface area contributed by atoms with Gasteiger partial charge in [0.25, 0.3) is 0 Å². The van der Waals surface area contributed by atoms with Crippen molar-refractivity contribution >= 4 is 17.8 Å². The fourth-order valence-electron chi connectivity index (χ4n) is 4.45. The summed E-state index contributed by atoms with van der Waals surface area (Å²) in [6.45, 7) is 2.38. The van der Waals surface area contributed by atoms with Crippen LogP contribution >= 0.6 is 0 Å². The van der Waals surface area contributed by atoms with Gasteiger partial charge in [0, 0.05) is 26.1 Å². The van der Waals surface area contributed by atoms with Gasteiger partial charge in [-0.1, -0.05) is 36.8 Å². The molecule has 3 rings (SSSR count). The van der Waals surface area contributed by atoms with Crippen molar-refractivity contribution in [2.75, 3.05) is 19.6 Å². The van der Waals surface area contributed by atoms with Crippen molar-refractivity contribution in [3.05, 3.63) is 35.9 Å². The number of hydrogen-bond acceptors (Lipinski definition) is 3. The van der Waals surface area contributed by atoms with Crippen molar-refractivity contribution in [1.82, 2.24) is 9.80 Å². The second kappa shape index (κ2) is 8.11. The molecule has 1 atom stereocenters. The number of carboxylic acids is 1. The van der Waals surface area contributed by atoms with E-state index >= 15 is 0 Å². The molecule has 1 aliphatic heterocycles. The van der Waals surface area contributed by atoms with E-state index in [2.05, 4.69) is 0 Å². The van der Waals surface area contributed by atoms with Crippen LogP contribution in [0, 0.1) is 0 Å². The topological polar surface area (TPSA) is 77.9 Å². The summed E-state index contributed by atoms with van der Waals surface area (Å²) in [7, 11) is 0. The van der Waals surface area contributed by atoms with Crippen LogP contribution in [0.1, 0.15) is 51.0 Å². The van der Waals surface area contributed by atoms with E-state index in [0.29, 0.717) is 19.5 Å². The molecule has 1 saturated heterocycles. The summed E-state index contributed by atoms with van der Waals surface area (Å²) in [5, 5.41) is 9.09. The third-order valence-electron chi connectivity index (χ3n) is 6.08. The summed E-state index contributed by atoms with van der Waals surface area (Å²) in [5.74, 6) is -1.03. The predicted octanol–water partition coefficient (Wildman–Crippen LogP) is 2.42. The molecule has 146 valence electrons. The van der Waals surface area contributed by atoms with E-state index < -0.39 is 11.4 Å². The molecule has 1 unspecified atom stereocenters. The molecular weight excluding hydrogens is 344 g/mol. The number of rotatable bonds is 5. The van der Waals surface area contributed by atoms with Crippen LogP contribution in [0.3, 0.4) is 0 Å². The number of amides is 2. The Morgan fingerprint density at radius 2 is 1.81 bits per heavy atom. The monoisotopic (exact) mass is 372 g/mol. The van der Waals surface area contributed by atoms with Gasteiger partial charge in [-0.05, 0) is 37.7 Å². The zero-order chi connectivity index (χ0) is 19.4. The van der Waals surface area contributed by atoms with Crippen molar-refractivity contribution in [1.29, 1.82) is 0 Å². The molecule has 1 N–H and O–H groups in total. The van der Waals surface area contributed by atoms with Gasteiger partial charge in [0.1, 0.15) is 6.54 Å². The lowest BCUT2D eigenvalue weighted by atomic mass is 9.63. The molecule has 27 heavy (non-hydrogen) atoms. The molecule has 6 nitrogen and oxygen atoms in total. The molecule has 2 fully saturated rings. The van der Waals surface area contributed by atoms with Crippen LogP contribution in [-0.2, 0) is 19.8 Å². The lowest BCUT2D eigenvalue weighted by Crippen LogP contribution is -2.51. The minimum atomic E-state index is -1.00. The highest BCUT2D eigenvalue weighted by Gasteiger charge is 2.47. The molecule has 1 aromatic carbocycles. The number of likely N-dealkylation sites (tertiary alicyclic amines) is 1. The Bertz CT molecular complexity index is 699. The third kappa shape index (κ3) is 3.99. The van der Waals surface area contributed by atoms with Crippen LogP contribution in [0.25, 0.3) is 0 Å². The number of carbonyl (C=O) groups is 3. The molecular formula is C21H28N2O4. The average molecular weight is 372 g/mol. The summed E-state index contributed by atoms with van der Waals surface area (Å²) in [4.78, 5) is 39.7. The molecule has 1 heterocycles. The molecule has 1 saturated carbocycles. The molecule has 0 bridgehead atoms. The Morgan fingerprint density at radius 3 is 2.37 bits per heavy atom. The zero-order valence-electron chi connectivity index (χ0n) is 15.9. The van der Waals surface area contributed by atoms with Crippen molar-refractivity contribution in [3.63, 3.8) is 0 Å². The van der Waals surface area contributed by atoms with Crippen LogP contribution in [0.5, 0.6) is 0 Å². The van der Waals surface area contributed by atoms with Gasteiger partial charge in [-0.15, -0.1) is 0 Å². The molecule has 0 spiro atoms. The van der Waals surface area contributed by atoms with E-state index in [4.69, 9.17) is 5.11 Å². The Labute approximate surface area is 160 Å². The number of carbonyl (C=O) groups excluding carboxylic acids is 2. The highest BCUT2D eigenvalue weighted by molar-refractivity contribution is 5.89. The molecule has 0 radical (unpaired) electrons. The van der Waals surface area contributed by atoms with E-state index in [1.807, 2.05) is 35.2 Å². The summed E-state index contributed by atoms with van der Waals surface area (Å²) in [5.41, 5.74) is 0.695. The van der Waals surface area contributed by atoms with Gasteiger partial charge < -0.3 is 14.9 Å². The number of benzene rings is 1. The largest absolute Gasteiger partial charge is 0.480 e. The second-order valence-corrected chi connectivity index (χ2v) is 7.72. The first kappa shape index (κ1) is 19.4. The van der Waals surface area contributed by atoms with Gasteiger partial charge in [-0.3, -0.25) is 14.4 Å². The minimum Gasteiger partial charge on any atom is -0.480 e. The van der Waals surface area contributed by atoms with Crippen molar-refractivity contribution in [2.45, 2.75) is 56.9 Å². The van der Waals surface area contributed by atoms with E-state index in [0.717, 1.165) is 37.7 Å². The first-order valence-corrected chi connectivity index (χ1v) is 9.78. The van der Waals surface area contributed by atoms with Gasteiger partial charge in [0.2, 0.25) is 11.8 Å². The average Bonchev–Trinajstić information content (AvgIpc) is 2.85. The highest BCUT2D eigenvalue weighted by atomic mass is 16.4. The molecule has 2 amide bonds. The normalized spacial score (nSPS) is 21.7. The summed E-state index contributed by atoms with van der Waals surface area (Å²) < 4.78 is 0. The van der Waals surface area contributed by atoms with Crippen LogP contribution < -0.4 is 0 Å². The van der Waals surface area contributed by atoms with E-state index in [1.54, 1.807) is 0 Å². The molecule has 1 aliphatic carbocycles. The van der Waals surface area contributed by atoms with Gasteiger partial charge >= 0.3 is 5.97 Å². The lowest BCUT2D eigenvalue weighted by Gasteiger charge is -2.44. The van der Waals surface area contributed by atoms with Gasteiger partial charge in [0.15, 0.2) is 0 Å². The molecule has 6 heteroatoms. The first-order valence-electron chi connectivity index (χ1n) is 9.78. The van der Waals surface area contributed by atoms with E-state index in [9.17, 15) is 14.4 Å². The third-order valence-corrected chi connectivity index (χ3v) is 6.08. The van der Waals surface area contributed by atoms with Crippen molar-refractivity contribution < 1.29 is 19.5 Å². The Kier molecular flexibility index (Phi) is 5.82. The van der Waals surface area contributed by atoms with Crippen LogP contribution in [-0.4, -0.2) is 58.4 Å². The summed E-state index contributed by atoms with van der Waals surface area (Å²) in [6, 6.07) is 9.90. The van der Waals surface area contributed by atoms with E-state index in [1.165, 1.54) is 11.8 Å². The zero-order valence-corrected chi connectivity index (χ0v) is 15.9.